The zero-order valence-corrected chi connectivity index (χ0v) is 15.5. The minimum atomic E-state index is 0.260. The monoisotopic (exact) mass is 350 g/mol. The maximum absolute atomic E-state index is 12.2. The van der Waals surface area contributed by atoms with Crippen LogP contribution in [0.5, 0.6) is 5.75 Å². The molecule has 4 atom stereocenters. The molecule has 2 heterocycles. The molecule has 4 rings (SSSR count). The van der Waals surface area contributed by atoms with Gasteiger partial charge in [0.25, 0.3) is 0 Å². The van der Waals surface area contributed by atoms with Crippen molar-refractivity contribution < 1.29 is 9.53 Å². The molecule has 4 nitrogen and oxygen atoms in total. The van der Waals surface area contributed by atoms with Crippen LogP contribution in [0.2, 0.25) is 0 Å². The summed E-state index contributed by atoms with van der Waals surface area (Å²) >= 11 is 0. The van der Waals surface area contributed by atoms with Crippen LogP contribution in [0.25, 0.3) is 0 Å². The topological polar surface area (TPSA) is 32.5 Å². The molecule has 0 saturated carbocycles. The first-order valence-corrected chi connectivity index (χ1v) is 9.40. The molecule has 2 aromatic rings. The number of carbonyl (C=O) groups excluding carboxylic acids is 1. The minimum Gasteiger partial charge on any atom is -0.497 e. The van der Waals surface area contributed by atoms with Crippen molar-refractivity contribution in [3.63, 3.8) is 0 Å². The molecule has 2 aromatic carbocycles. The van der Waals surface area contributed by atoms with Crippen molar-refractivity contribution in [2.75, 3.05) is 25.1 Å². The number of nitrogens with zero attached hydrogens (tertiary/aromatic N) is 2. The van der Waals surface area contributed by atoms with E-state index in [1.807, 2.05) is 12.1 Å². The summed E-state index contributed by atoms with van der Waals surface area (Å²) in [6.07, 6.45) is 1.29. The number of rotatable bonds is 5. The molecule has 0 radical (unpaired) electrons. The Balaban J connectivity index is 1.52. The second-order valence-corrected chi connectivity index (χ2v) is 7.30. The molecule has 0 N–H and O–H groups in total. The number of methoxy groups -OCH3 is 1. The normalized spacial score (nSPS) is 26.5. The fourth-order valence-corrected chi connectivity index (χ4v) is 4.17. The van der Waals surface area contributed by atoms with E-state index in [1.54, 1.807) is 7.11 Å². The average molecular weight is 350 g/mol. The van der Waals surface area contributed by atoms with Gasteiger partial charge in [-0.1, -0.05) is 30.3 Å². The van der Waals surface area contributed by atoms with E-state index in [2.05, 4.69) is 59.2 Å². The SMILES string of the molecule is COc1ccc(N2CCC(=O)CC2[C@H]2CN2[C@H](C)c2ccccc2)cc1. The third-order valence-corrected chi connectivity index (χ3v) is 5.79. The highest BCUT2D eigenvalue weighted by Gasteiger charge is 2.47. The van der Waals surface area contributed by atoms with Gasteiger partial charge in [0.2, 0.25) is 0 Å². The molecule has 4 heteroatoms. The van der Waals surface area contributed by atoms with Crippen LogP contribution >= 0.6 is 0 Å². The van der Waals surface area contributed by atoms with Gasteiger partial charge in [0.15, 0.2) is 0 Å². The lowest BCUT2D eigenvalue weighted by atomic mass is 9.97. The Kier molecular flexibility index (Phi) is 4.68. The molecule has 2 aliphatic rings. The van der Waals surface area contributed by atoms with Crippen LogP contribution in [0.1, 0.15) is 31.4 Å². The van der Waals surface area contributed by atoms with Crippen LogP contribution in [-0.4, -0.2) is 43.0 Å². The van der Waals surface area contributed by atoms with Crippen molar-refractivity contribution in [1.82, 2.24) is 4.90 Å². The van der Waals surface area contributed by atoms with Crippen molar-refractivity contribution in [2.24, 2.45) is 0 Å². The standard InChI is InChI=1S/C22H26N2O2/c1-16(17-6-4-3-5-7-17)24-15-22(24)21-14-19(25)12-13-23(21)18-8-10-20(26-2)11-9-18/h3-11,16,21-22H,12-15H2,1-2H3/t16-,21?,22-,24?/m1/s1. The highest BCUT2D eigenvalue weighted by Crippen LogP contribution is 2.39. The first-order chi connectivity index (χ1) is 12.7. The second-order valence-electron chi connectivity index (χ2n) is 7.30. The maximum Gasteiger partial charge on any atom is 0.136 e. The number of ether oxygens (including phenoxy) is 1. The summed E-state index contributed by atoms with van der Waals surface area (Å²) in [6.45, 7) is 4.12. The van der Waals surface area contributed by atoms with Crippen molar-refractivity contribution in [3.8, 4) is 5.75 Å². The van der Waals surface area contributed by atoms with E-state index in [1.165, 1.54) is 11.3 Å². The second kappa shape index (κ2) is 7.12. The number of piperidine rings is 1. The molecule has 0 bridgehead atoms. The summed E-state index contributed by atoms with van der Waals surface area (Å²) in [5.74, 6) is 1.25. The van der Waals surface area contributed by atoms with Crippen LogP contribution in [0.3, 0.4) is 0 Å². The van der Waals surface area contributed by atoms with E-state index in [0.717, 1.165) is 18.8 Å². The van der Waals surface area contributed by atoms with Gasteiger partial charge < -0.3 is 9.64 Å². The van der Waals surface area contributed by atoms with E-state index in [0.29, 0.717) is 30.7 Å². The molecule has 0 aromatic heterocycles. The maximum atomic E-state index is 12.2. The summed E-state index contributed by atoms with van der Waals surface area (Å²) in [6, 6.07) is 19.9. The fourth-order valence-electron chi connectivity index (χ4n) is 4.17. The number of ketones is 1. The molecular formula is C22H26N2O2. The number of carbonyl (C=O) groups is 1. The minimum absolute atomic E-state index is 0.260. The van der Waals surface area contributed by atoms with Crippen molar-refractivity contribution in [2.45, 2.75) is 37.9 Å². The molecule has 2 fully saturated rings. The molecule has 0 spiro atoms. The molecule has 0 aliphatic carbocycles. The third-order valence-electron chi connectivity index (χ3n) is 5.79. The summed E-state index contributed by atoms with van der Waals surface area (Å²) in [7, 11) is 1.68. The smallest absolute Gasteiger partial charge is 0.136 e. The van der Waals surface area contributed by atoms with Gasteiger partial charge in [0.05, 0.1) is 13.2 Å². The van der Waals surface area contributed by atoms with Gasteiger partial charge in [0.1, 0.15) is 11.5 Å². The van der Waals surface area contributed by atoms with Gasteiger partial charge >= 0.3 is 0 Å². The predicted molar refractivity (Wildman–Crippen MR) is 104 cm³/mol. The molecule has 136 valence electrons. The third kappa shape index (κ3) is 3.34. The van der Waals surface area contributed by atoms with Crippen molar-refractivity contribution in [1.29, 1.82) is 0 Å². The Labute approximate surface area is 155 Å². The van der Waals surface area contributed by atoms with E-state index in [-0.39, 0.29) is 6.04 Å². The Morgan fingerprint density at radius 3 is 2.46 bits per heavy atom. The quantitative estimate of drug-likeness (QED) is 0.770. The van der Waals surface area contributed by atoms with Gasteiger partial charge in [-0.05, 0) is 36.8 Å². The van der Waals surface area contributed by atoms with Crippen molar-refractivity contribution >= 4 is 11.5 Å². The molecule has 26 heavy (non-hydrogen) atoms. The lowest BCUT2D eigenvalue weighted by Crippen LogP contribution is -2.47. The lowest BCUT2D eigenvalue weighted by Gasteiger charge is -2.37. The zero-order chi connectivity index (χ0) is 18.1. The predicted octanol–water partition coefficient (Wildman–Crippen LogP) is 3.68. The van der Waals surface area contributed by atoms with E-state index < -0.39 is 0 Å². The molecule has 2 aliphatic heterocycles. The van der Waals surface area contributed by atoms with Gasteiger partial charge in [0, 0.05) is 43.7 Å². The molecule has 0 amide bonds. The summed E-state index contributed by atoms with van der Waals surface area (Å²) < 4.78 is 5.28. The average Bonchev–Trinajstić information content (AvgIpc) is 3.49. The Bertz CT molecular complexity index is 759. The van der Waals surface area contributed by atoms with Crippen LogP contribution < -0.4 is 9.64 Å². The molecular weight excluding hydrogens is 324 g/mol. The largest absolute Gasteiger partial charge is 0.497 e. The highest BCUT2D eigenvalue weighted by molar-refractivity contribution is 5.82. The number of Topliss-reactive ketones (excluding diaryl/α,β-unsaturated/α-hetero) is 1. The zero-order valence-electron chi connectivity index (χ0n) is 15.5. The Morgan fingerprint density at radius 2 is 1.77 bits per heavy atom. The van der Waals surface area contributed by atoms with Gasteiger partial charge in [-0.25, -0.2) is 0 Å². The van der Waals surface area contributed by atoms with E-state index in [9.17, 15) is 4.79 Å². The Morgan fingerprint density at radius 1 is 1.04 bits per heavy atom. The summed E-state index contributed by atoms with van der Waals surface area (Å²) in [4.78, 5) is 17.1. The van der Waals surface area contributed by atoms with Crippen LogP contribution in [0.4, 0.5) is 5.69 Å². The molecule has 2 saturated heterocycles. The van der Waals surface area contributed by atoms with Gasteiger partial charge in [-0.15, -0.1) is 0 Å². The van der Waals surface area contributed by atoms with Crippen LogP contribution in [0.15, 0.2) is 54.6 Å². The van der Waals surface area contributed by atoms with Crippen LogP contribution in [0, 0.1) is 0 Å². The fraction of sp³-hybridized carbons (Fsp3) is 0.409. The number of benzene rings is 2. The first kappa shape index (κ1) is 17.1. The molecule has 2 unspecified atom stereocenters. The van der Waals surface area contributed by atoms with Gasteiger partial charge in [-0.2, -0.15) is 0 Å². The first-order valence-electron chi connectivity index (χ1n) is 9.40. The number of anilines is 1. The Hall–Kier alpha value is -2.33. The summed E-state index contributed by atoms with van der Waals surface area (Å²) in [5, 5.41) is 0. The van der Waals surface area contributed by atoms with Crippen LogP contribution in [-0.2, 0) is 4.79 Å². The summed E-state index contributed by atoms with van der Waals surface area (Å²) in [5.41, 5.74) is 2.52. The van der Waals surface area contributed by atoms with E-state index in [4.69, 9.17) is 4.74 Å². The highest BCUT2D eigenvalue weighted by atomic mass is 16.5. The lowest BCUT2D eigenvalue weighted by molar-refractivity contribution is -0.120. The van der Waals surface area contributed by atoms with Crippen molar-refractivity contribution in [3.05, 3.63) is 60.2 Å². The van der Waals surface area contributed by atoms with Gasteiger partial charge in [-0.3, -0.25) is 9.69 Å². The number of hydrogen-bond acceptors (Lipinski definition) is 4. The number of hydrogen-bond donors (Lipinski definition) is 0. The van der Waals surface area contributed by atoms with E-state index >= 15 is 0 Å².